The van der Waals surface area contributed by atoms with Crippen LogP contribution in [0.2, 0.25) is 0 Å². The number of nitrogens with one attached hydrogen (secondary N) is 2. The zero-order valence-electron chi connectivity index (χ0n) is 7.86. The molecule has 0 radical (unpaired) electrons. The second kappa shape index (κ2) is 5.93. The molecule has 1 heterocycles. The van der Waals surface area contributed by atoms with Gasteiger partial charge in [-0.1, -0.05) is 6.07 Å². The van der Waals surface area contributed by atoms with Crippen molar-refractivity contribution in [2.24, 2.45) is 5.73 Å². The minimum Gasteiger partial charge on any atom is -0.352 e. The van der Waals surface area contributed by atoms with E-state index < -0.39 is 6.03 Å². The van der Waals surface area contributed by atoms with Gasteiger partial charge in [-0.25, -0.2) is 4.79 Å². The molecule has 0 unspecified atom stereocenters. The van der Waals surface area contributed by atoms with E-state index in [1.165, 1.54) is 0 Å². The predicted molar refractivity (Wildman–Crippen MR) is 53.5 cm³/mol. The van der Waals surface area contributed by atoms with Crippen molar-refractivity contribution in [3.8, 4) is 0 Å². The van der Waals surface area contributed by atoms with Crippen LogP contribution in [0.4, 0.5) is 4.79 Å². The molecular formula is C9H14N4O. The van der Waals surface area contributed by atoms with E-state index in [-0.39, 0.29) is 0 Å². The van der Waals surface area contributed by atoms with Crippen LogP contribution >= 0.6 is 0 Å². The number of urea groups is 1. The van der Waals surface area contributed by atoms with Crippen LogP contribution in [0, 0.1) is 0 Å². The summed E-state index contributed by atoms with van der Waals surface area (Å²) >= 11 is 0. The van der Waals surface area contributed by atoms with Gasteiger partial charge in [-0.2, -0.15) is 0 Å². The molecule has 2 amide bonds. The van der Waals surface area contributed by atoms with Crippen LogP contribution in [-0.4, -0.2) is 24.1 Å². The van der Waals surface area contributed by atoms with Gasteiger partial charge < -0.3 is 16.4 Å². The molecule has 14 heavy (non-hydrogen) atoms. The van der Waals surface area contributed by atoms with E-state index in [2.05, 4.69) is 15.6 Å². The Morgan fingerprint density at radius 2 is 2.36 bits per heavy atom. The van der Waals surface area contributed by atoms with Crippen molar-refractivity contribution in [2.45, 2.75) is 6.54 Å². The van der Waals surface area contributed by atoms with Gasteiger partial charge in [0.2, 0.25) is 0 Å². The van der Waals surface area contributed by atoms with Gasteiger partial charge in [0, 0.05) is 32.0 Å². The number of hydrogen-bond acceptors (Lipinski definition) is 3. The van der Waals surface area contributed by atoms with Crippen LogP contribution in [0.15, 0.2) is 24.5 Å². The Morgan fingerprint density at radius 1 is 1.50 bits per heavy atom. The maximum atomic E-state index is 10.3. The van der Waals surface area contributed by atoms with E-state index in [9.17, 15) is 4.79 Å². The number of pyridine rings is 1. The molecule has 1 aromatic heterocycles. The lowest BCUT2D eigenvalue weighted by molar-refractivity contribution is 0.249. The third kappa shape index (κ3) is 4.42. The first-order valence-electron chi connectivity index (χ1n) is 4.42. The second-order valence-corrected chi connectivity index (χ2v) is 2.83. The van der Waals surface area contributed by atoms with Crippen molar-refractivity contribution in [1.82, 2.24) is 15.6 Å². The van der Waals surface area contributed by atoms with Crippen LogP contribution in [0.3, 0.4) is 0 Å². The molecular weight excluding hydrogens is 180 g/mol. The first-order chi connectivity index (χ1) is 6.79. The van der Waals surface area contributed by atoms with Gasteiger partial charge in [-0.05, 0) is 11.6 Å². The van der Waals surface area contributed by atoms with Crippen LogP contribution < -0.4 is 16.4 Å². The summed E-state index contributed by atoms with van der Waals surface area (Å²) in [5.41, 5.74) is 6.02. The molecule has 0 aliphatic carbocycles. The number of aromatic nitrogens is 1. The molecule has 0 saturated heterocycles. The minimum atomic E-state index is -0.492. The molecule has 0 bridgehead atoms. The van der Waals surface area contributed by atoms with E-state index >= 15 is 0 Å². The average molecular weight is 194 g/mol. The lowest BCUT2D eigenvalue weighted by Gasteiger charge is -2.04. The number of primary amides is 1. The third-order valence-corrected chi connectivity index (χ3v) is 1.65. The molecule has 4 N–H and O–H groups in total. The molecule has 0 aliphatic rings. The molecule has 0 aromatic carbocycles. The molecule has 1 rings (SSSR count). The smallest absolute Gasteiger partial charge is 0.312 e. The Balaban J connectivity index is 2.08. The topological polar surface area (TPSA) is 80.0 Å². The molecule has 0 fully saturated rings. The third-order valence-electron chi connectivity index (χ3n) is 1.65. The standard InChI is InChI=1S/C9H14N4O/c10-9(14)13-5-4-12-7-8-2-1-3-11-6-8/h1-3,6,12H,4-5,7H2,(H3,10,13,14). The second-order valence-electron chi connectivity index (χ2n) is 2.83. The van der Waals surface area contributed by atoms with Gasteiger partial charge in [-0.3, -0.25) is 4.98 Å². The molecule has 0 spiro atoms. The number of amides is 2. The monoisotopic (exact) mass is 194 g/mol. The van der Waals surface area contributed by atoms with Crippen LogP contribution in [0.1, 0.15) is 5.56 Å². The fraction of sp³-hybridized carbons (Fsp3) is 0.333. The number of hydrogen-bond donors (Lipinski definition) is 3. The van der Waals surface area contributed by atoms with Crippen LogP contribution in [-0.2, 0) is 6.54 Å². The minimum absolute atomic E-state index is 0.492. The number of carbonyl (C=O) groups excluding carboxylic acids is 1. The quantitative estimate of drug-likeness (QED) is 0.570. The normalized spacial score (nSPS) is 9.71. The maximum Gasteiger partial charge on any atom is 0.312 e. The number of carbonyl (C=O) groups is 1. The van der Waals surface area contributed by atoms with Crippen molar-refractivity contribution in [2.75, 3.05) is 13.1 Å². The van der Waals surface area contributed by atoms with E-state index in [0.29, 0.717) is 13.1 Å². The highest BCUT2D eigenvalue weighted by Crippen LogP contribution is 1.93. The summed E-state index contributed by atoms with van der Waals surface area (Å²) in [6.45, 7) is 1.97. The maximum absolute atomic E-state index is 10.3. The zero-order valence-corrected chi connectivity index (χ0v) is 7.86. The van der Waals surface area contributed by atoms with Gasteiger partial charge in [-0.15, -0.1) is 0 Å². The summed E-state index contributed by atoms with van der Waals surface area (Å²) in [6, 6.07) is 3.38. The highest BCUT2D eigenvalue weighted by atomic mass is 16.2. The Bertz CT molecular complexity index is 275. The van der Waals surface area contributed by atoms with Crippen LogP contribution in [0.25, 0.3) is 0 Å². The number of nitrogens with zero attached hydrogens (tertiary/aromatic N) is 1. The zero-order chi connectivity index (χ0) is 10.2. The molecule has 1 aromatic rings. The number of rotatable bonds is 5. The largest absolute Gasteiger partial charge is 0.352 e. The summed E-state index contributed by atoms with van der Waals surface area (Å²) in [4.78, 5) is 14.3. The molecule has 0 aliphatic heterocycles. The van der Waals surface area contributed by atoms with E-state index in [4.69, 9.17) is 5.73 Å². The fourth-order valence-corrected chi connectivity index (χ4v) is 1.01. The van der Waals surface area contributed by atoms with Crippen molar-refractivity contribution in [3.63, 3.8) is 0 Å². The van der Waals surface area contributed by atoms with Crippen molar-refractivity contribution < 1.29 is 4.79 Å². The van der Waals surface area contributed by atoms with Gasteiger partial charge in [0.1, 0.15) is 0 Å². The van der Waals surface area contributed by atoms with Gasteiger partial charge in [0.25, 0.3) is 0 Å². The Kier molecular flexibility index (Phi) is 4.43. The highest BCUT2D eigenvalue weighted by molar-refractivity contribution is 5.71. The first kappa shape index (κ1) is 10.5. The average Bonchev–Trinajstić information content (AvgIpc) is 2.18. The predicted octanol–water partition coefficient (Wildman–Crippen LogP) is -0.160. The summed E-state index contributed by atoms with van der Waals surface area (Å²) < 4.78 is 0. The molecule has 0 atom stereocenters. The Labute approximate surface area is 82.7 Å². The molecule has 0 saturated carbocycles. The summed E-state index contributed by atoms with van der Waals surface area (Å²) in [5, 5.41) is 5.64. The van der Waals surface area contributed by atoms with Crippen molar-refractivity contribution in [1.29, 1.82) is 0 Å². The molecule has 76 valence electrons. The van der Waals surface area contributed by atoms with Crippen molar-refractivity contribution in [3.05, 3.63) is 30.1 Å². The van der Waals surface area contributed by atoms with Crippen molar-refractivity contribution >= 4 is 6.03 Å². The fourth-order valence-electron chi connectivity index (χ4n) is 1.01. The van der Waals surface area contributed by atoms with Gasteiger partial charge >= 0.3 is 6.03 Å². The number of nitrogens with two attached hydrogens (primary N) is 1. The lowest BCUT2D eigenvalue weighted by atomic mass is 10.3. The first-order valence-corrected chi connectivity index (χ1v) is 4.42. The van der Waals surface area contributed by atoms with E-state index in [1.54, 1.807) is 12.4 Å². The van der Waals surface area contributed by atoms with Crippen LogP contribution in [0.5, 0.6) is 0 Å². The summed E-state index contributed by atoms with van der Waals surface area (Å²) in [7, 11) is 0. The van der Waals surface area contributed by atoms with Gasteiger partial charge in [0.05, 0.1) is 0 Å². The lowest BCUT2D eigenvalue weighted by Crippen LogP contribution is -2.35. The Morgan fingerprint density at radius 3 is 3.00 bits per heavy atom. The Hall–Kier alpha value is -1.62. The highest BCUT2D eigenvalue weighted by Gasteiger charge is 1.92. The molecule has 5 heteroatoms. The SMILES string of the molecule is NC(=O)NCCNCc1cccnc1. The van der Waals surface area contributed by atoms with E-state index in [0.717, 1.165) is 12.1 Å². The summed E-state index contributed by atoms with van der Waals surface area (Å²) in [5.74, 6) is 0. The summed E-state index contributed by atoms with van der Waals surface area (Å²) in [6.07, 6.45) is 3.53. The van der Waals surface area contributed by atoms with Gasteiger partial charge in [0.15, 0.2) is 0 Å². The molecule has 5 nitrogen and oxygen atoms in total. The van der Waals surface area contributed by atoms with E-state index in [1.807, 2.05) is 12.1 Å².